The number of benzene rings is 2. The topological polar surface area (TPSA) is 78.1 Å². The minimum atomic E-state index is -4.09. The lowest BCUT2D eigenvalue weighted by molar-refractivity contribution is 0.0956. The second-order valence-electron chi connectivity index (χ2n) is 5.35. The van der Waals surface area contributed by atoms with Crippen molar-refractivity contribution in [3.8, 4) is 0 Å². The summed E-state index contributed by atoms with van der Waals surface area (Å²) < 4.78 is 26.5. The molecular formula is C17H13ClN2O4S. The highest BCUT2D eigenvalue weighted by Gasteiger charge is 2.23. The molecule has 0 bridgehead atoms. The predicted molar refractivity (Wildman–Crippen MR) is 93.6 cm³/mol. The van der Waals surface area contributed by atoms with Gasteiger partial charge in [0, 0.05) is 12.4 Å². The molecule has 0 radical (unpaired) electrons. The summed E-state index contributed by atoms with van der Waals surface area (Å²) in [7, 11) is -4.09. The highest BCUT2D eigenvalue weighted by molar-refractivity contribution is 7.90. The Morgan fingerprint density at radius 1 is 1.00 bits per heavy atom. The average Bonchev–Trinajstić information content (AvgIpc) is 2.97. The maximum atomic E-state index is 12.6. The Hall–Kier alpha value is -2.64. The second-order valence-corrected chi connectivity index (χ2v) is 7.57. The molecule has 0 aliphatic rings. The van der Waals surface area contributed by atoms with Gasteiger partial charge >= 0.3 is 5.69 Å². The number of aryl methyl sites for hydroxylation is 1. The van der Waals surface area contributed by atoms with Gasteiger partial charge in [0.15, 0.2) is 0 Å². The van der Waals surface area contributed by atoms with Crippen LogP contribution in [0.1, 0.15) is 15.9 Å². The van der Waals surface area contributed by atoms with Gasteiger partial charge < -0.3 is 0 Å². The van der Waals surface area contributed by atoms with E-state index in [2.05, 4.69) is 0 Å². The monoisotopic (exact) mass is 376 g/mol. The smallest absolute Gasteiger partial charge is 0.268 e. The molecule has 1 heterocycles. The standard InChI is InChI=1S/C17H13ClN2O4S/c1-12-6-8-13(9-7-12)25(23,24)20-11-10-19(17(20)22)16(21)14-4-2-3-5-15(14)18/h2-11H,1H3. The molecule has 1 aromatic heterocycles. The first-order valence-corrected chi connectivity index (χ1v) is 9.05. The van der Waals surface area contributed by atoms with Gasteiger partial charge in [0.05, 0.1) is 15.5 Å². The molecule has 0 N–H and O–H groups in total. The first-order chi connectivity index (χ1) is 11.8. The van der Waals surface area contributed by atoms with Crippen molar-refractivity contribution in [2.45, 2.75) is 11.8 Å². The molecule has 0 fully saturated rings. The molecule has 2 aromatic carbocycles. The van der Waals surface area contributed by atoms with E-state index in [0.29, 0.717) is 8.54 Å². The van der Waals surface area contributed by atoms with Crippen molar-refractivity contribution in [1.29, 1.82) is 0 Å². The van der Waals surface area contributed by atoms with Crippen LogP contribution in [0.3, 0.4) is 0 Å². The molecule has 0 saturated heterocycles. The lowest BCUT2D eigenvalue weighted by atomic mass is 10.2. The van der Waals surface area contributed by atoms with Crippen LogP contribution in [0, 0.1) is 6.92 Å². The van der Waals surface area contributed by atoms with Crippen molar-refractivity contribution in [1.82, 2.24) is 8.54 Å². The van der Waals surface area contributed by atoms with Gasteiger partial charge in [-0.25, -0.2) is 17.8 Å². The summed E-state index contributed by atoms with van der Waals surface area (Å²) >= 11 is 5.97. The van der Waals surface area contributed by atoms with Crippen LogP contribution in [-0.4, -0.2) is 22.9 Å². The van der Waals surface area contributed by atoms with Crippen LogP contribution in [0.25, 0.3) is 0 Å². The quantitative estimate of drug-likeness (QED) is 0.703. The largest absolute Gasteiger partial charge is 0.349 e. The molecular weight excluding hydrogens is 364 g/mol. The molecule has 128 valence electrons. The number of carbonyl (C=O) groups excluding carboxylic acids is 1. The Balaban J connectivity index is 2.08. The van der Waals surface area contributed by atoms with E-state index in [-0.39, 0.29) is 15.5 Å². The van der Waals surface area contributed by atoms with E-state index in [0.717, 1.165) is 18.0 Å². The molecule has 0 aliphatic heterocycles. The lowest BCUT2D eigenvalue weighted by Gasteiger charge is -2.05. The third-order valence-corrected chi connectivity index (χ3v) is 5.64. The molecule has 0 saturated carbocycles. The number of rotatable bonds is 3. The van der Waals surface area contributed by atoms with Gasteiger partial charge in [0.1, 0.15) is 0 Å². The molecule has 0 atom stereocenters. The Kier molecular flexibility index (Phi) is 4.36. The molecule has 0 aliphatic carbocycles. The van der Waals surface area contributed by atoms with Crippen LogP contribution in [0.4, 0.5) is 0 Å². The number of nitrogens with zero attached hydrogens (tertiary/aromatic N) is 2. The average molecular weight is 377 g/mol. The highest BCUT2D eigenvalue weighted by atomic mass is 35.5. The van der Waals surface area contributed by atoms with Crippen LogP contribution in [0.5, 0.6) is 0 Å². The van der Waals surface area contributed by atoms with Crippen molar-refractivity contribution in [2.24, 2.45) is 0 Å². The fourth-order valence-corrected chi connectivity index (χ4v) is 3.72. The van der Waals surface area contributed by atoms with Crippen LogP contribution in [0.2, 0.25) is 5.02 Å². The van der Waals surface area contributed by atoms with Crippen LogP contribution >= 0.6 is 11.6 Å². The van der Waals surface area contributed by atoms with E-state index in [9.17, 15) is 18.0 Å². The molecule has 25 heavy (non-hydrogen) atoms. The summed E-state index contributed by atoms with van der Waals surface area (Å²) in [5.74, 6) is -0.701. The van der Waals surface area contributed by atoms with Crippen molar-refractivity contribution in [3.05, 3.63) is 87.6 Å². The van der Waals surface area contributed by atoms with Gasteiger partial charge in [-0.1, -0.05) is 41.4 Å². The lowest BCUT2D eigenvalue weighted by Crippen LogP contribution is -2.32. The minimum Gasteiger partial charge on any atom is -0.268 e. The van der Waals surface area contributed by atoms with E-state index in [4.69, 9.17) is 11.6 Å². The normalized spacial score (nSPS) is 11.4. The fraction of sp³-hybridized carbons (Fsp3) is 0.0588. The Morgan fingerprint density at radius 3 is 2.28 bits per heavy atom. The number of carbonyl (C=O) groups is 1. The fourth-order valence-electron chi connectivity index (χ4n) is 2.29. The van der Waals surface area contributed by atoms with Crippen LogP contribution in [0.15, 0.2) is 70.6 Å². The van der Waals surface area contributed by atoms with Gasteiger partial charge in [0.2, 0.25) is 0 Å². The summed E-state index contributed by atoms with van der Waals surface area (Å²) in [5.41, 5.74) is 0.0139. The number of hydrogen-bond acceptors (Lipinski definition) is 4. The van der Waals surface area contributed by atoms with Gasteiger partial charge in [-0.15, -0.1) is 0 Å². The third-order valence-electron chi connectivity index (χ3n) is 3.65. The number of imidazole rings is 1. The van der Waals surface area contributed by atoms with Gasteiger partial charge in [0.25, 0.3) is 15.9 Å². The Morgan fingerprint density at radius 2 is 1.64 bits per heavy atom. The second kappa shape index (κ2) is 6.34. The SMILES string of the molecule is Cc1ccc(S(=O)(=O)n2ccn(C(=O)c3ccccc3Cl)c2=O)cc1. The van der Waals surface area contributed by atoms with Gasteiger partial charge in [-0.2, -0.15) is 3.97 Å². The number of halogens is 1. The summed E-state index contributed by atoms with van der Waals surface area (Å²) in [6.45, 7) is 1.82. The van der Waals surface area contributed by atoms with Crippen LogP contribution < -0.4 is 5.69 Å². The van der Waals surface area contributed by atoms with E-state index in [1.54, 1.807) is 24.3 Å². The van der Waals surface area contributed by atoms with Gasteiger partial charge in [-0.3, -0.25) is 4.79 Å². The summed E-state index contributed by atoms with van der Waals surface area (Å²) in [6.07, 6.45) is 2.16. The van der Waals surface area contributed by atoms with E-state index in [1.807, 2.05) is 6.92 Å². The summed E-state index contributed by atoms with van der Waals surface area (Å²) in [4.78, 5) is 24.9. The molecule has 0 amide bonds. The Labute approximate surface area is 149 Å². The molecule has 3 rings (SSSR count). The number of hydrogen-bond donors (Lipinski definition) is 0. The van der Waals surface area contributed by atoms with Crippen molar-refractivity contribution in [2.75, 3.05) is 0 Å². The maximum absolute atomic E-state index is 12.6. The highest BCUT2D eigenvalue weighted by Crippen LogP contribution is 2.17. The van der Waals surface area contributed by atoms with Crippen LogP contribution in [-0.2, 0) is 10.0 Å². The zero-order chi connectivity index (χ0) is 18.2. The predicted octanol–water partition coefficient (Wildman–Crippen LogP) is 2.54. The van der Waals surface area contributed by atoms with Crippen molar-refractivity contribution >= 4 is 27.5 Å². The molecule has 0 unspecified atom stereocenters. The first-order valence-electron chi connectivity index (χ1n) is 7.24. The van der Waals surface area contributed by atoms with E-state index >= 15 is 0 Å². The Bertz CT molecular complexity index is 1110. The summed E-state index contributed by atoms with van der Waals surface area (Å²) in [6, 6.07) is 12.3. The molecule has 0 spiro atoms. The van der Waals surface area contributed by atoms with Crippen molar-refractivity contribution < 1.29 is 13.2 Å². The van der Waals surface area contributed by atoms with E-state index < -0.39 is 21.6 Å². The first kappa shape index (κ1) is 17.2. The third kappa shape index (κ3) is 3.04. The zero-order valence-corrected chi connectivity index (χ0v) is 14.7. The maximum Gasteiger partial charge on any atom is 0.349 e. The number of aromatic nitrogens is 2. The van der Waals surface area contributed by atoms with Crippen molar-refractivity contribution in [3.63, 3.8) is 0 Å². The molecule has 6 nitrogen and oxygen atoms in total. The zero-order valence-electron chi connectivity index (χ0n) is 13.1. The molecule has 8 heteroatoms. The molecule has 3 aromatic rings. The summed E-state index contributed by atoms with van der Waals surface area (Å²) in [5, 5.41) is 0.175. The van der Waals surface area contributed by atoms with Gasteiger partial charge in [-0.05, 0) is 31.2 Å². The minimum absolute atomic E-state index is 0.0388. The van der Waals surface area contributed by atoms with E-state index in [1.165, 1.54) is 24.3 Å².